The van der Waals surface area contributed by atoms with E-state index in [4.69, 9.17) is 16.6 Å². The first kappa shape index (κ1) is 23.9. The smallest absolute Gasteiger partial charge is 0.251 e. The number of rotatable bonds is 6. The molecule has 6 nitrogen and oxygen atoms in total. The predicted octanol–water partition coefficient (Wildman–Crippen LogP) is 4.82. The summed E-state index contributed by atoms with van der Waals surface area (Å²) in [7, 11) is 0. The van der Waals surface area contributed by atoms with Gasteiger partial charge in [-0.1, -0.05) is 24.1 Å². The van der Waals surface area contributed by atoms with E-state index in [1.54, 1.807) is 0 Å². The van der Waals surface area contributed by atoms with Crippen LogP contribution in [0.4, 0.5) is 11.5 Å². The molecule has 2 aromatic carbocycles. The highest BCUT2D eigenvalue weighted by atomic mass is 35.5. The number of fused-ring (bicyclic) bond motifs is 1. The lowest BCUT2D eigenvalue weighted by molar-refractivity contribution is 0.0938. The third-order valence-electron chi connectivity index (χ3n) is 7.40. The Morgan fingerprint density at radius 1 is 1.00 bits per heavy atom. The second-order valence-electron chi connectivity index (χ2n) is 9.66. The molecule has 0 aliphatic carbocycles. The van der Waals surface area contributed by atoms with E-state index in [2.05, 4.69) is 39.1 Å². The molecule has 0 radical (unpaired) electrons. The van der Waals surface area contributed by atoms with Crippen LogP contribution in [0.15, 0.2) is 54.7 Å². The highest BCUT2D eigenvalue weighted by Gasteiger charge is 2.21. The van der Waals surface area contributed by atoms with Gasteiger partial charge < -0.3 is 15.1 Å². The number of benzene rings is 2. The first-order chi connectivity index (χ1) is 17.1. The van der Waals surface area contributed by atoms with Crippen molar-refractivity contribution in [3.8, 4) is 0 Å². The van der Waals surface area contributed by atoms with Crippen LogP contribution in [0.25, 0.3) is 10.8 Å². The summed E-state index contributed by atoms with van der Waals surface area (Å²) in [6.07, 6.45) is 5.69. The molecule has 1 atom stereocenters. The van der Waals surface area contributed by atoms with Crippen LogP contribution in [-0.2, 0) is 0 Å². The number of hydrogen-bond donors (Lipinski definition) is 1. The molecule has 2 saturated heterocycles. The molecule has 1 amide bonds. The quantitative estimate of drug-likeness (QED) is 0.535. The molecule has 2 fully saturated rings. The zero-order valence-corrected chi connectivity index (χ0v) is 21.2. The maximum absolute atomic E-state index is 12.9. The Morgan fingerprint density at radius 3 is 2.54 bits per heavy atom. The van der Waals surface area contributed by atoms with Gasteiger partial charge in [-0.2, -0.15) is 0 Å². The highest BCUT2D eigenvalue weighted by Crippen LogP contribution is 2.28. The number of anilines is 2. The number of piperazine rings is 1. The van der Waals surface area contributed by atoms with Crippen LogP contribution in [-0.4, -0.2) is 67.6 Å². The molecule has 184 valence electrons. The average Bonchev–Trinajstić information content (AvgIpc) is 2.89. The Balaban J connectivity index is 1.25. The van der Waals surface area contributed by atoms with Crippen molar-refractivity contribution in [2.45, 2.75) is 32.2 Å². The van der Waals surface area contributed by atoms with E-state index in [0.29, 0.717) is 18.2 Å². The SMILES string of the molecule is CC1CCCCN1CCNC(=O)c1ccc2ccnc(N3CCN(c4ccc(Cl)cc4)CC3)c2c1. The fraction of sp³-hybridized carbons (Fsp3) is 0.429. The average molecular weight is 492 g/mol. The Kier molecular flexibility index (Phi) is 7.40. The summed E-state index contributed by atoms with van der Waals surface area (Å²) in [5.41, 5.74) is 1.89. The summed E-state index contributed by atoms with van der Waals surface area (Å²) in [4.78, 5) is 24.9. The maximum atomic E-state index is 12.9. The molecule has 5 rings (SSSR count). The number of aromatic nitrogens is 1. The van der Waals surface area contributed by atoms with E-state index in [9.17, 15) is 4.79 Å². The Labute approximate surface area is 212 Å². The third-order valence-corrected chi connectivity index (χ3v) is 7.66. The van der Waals surface area contributed by atoms with Crippen molar-refractivity contribution in [2.75, 3.05) is 55.6 Å². The lowest BCUT2D eigenvalue weighted by Crippen LogP contribution is -2.46. The molecular weight excluding hydrogens is 458 g/mol. The predicted molar refractivity (Wildman–Crippen MR) is 145 cm³/mol. The molecule has 0 spiro atoms. The maximum Gasteiger partial charge on any atom is 0.251 e. The van der Waals surface area contributed by atoms with Gasteiger partial charge >= 0.3 is 0 Å². The van der Waals surface area contributed by atoms with Crippen molar-refractivity contribution in [3.05, 3.63) is 65.3 Å². The largest absolute Gasteiger partial charge is 0.368 e. The lowest BCUT2D eigenvalue weighted by Gasteiger charge is -2.37. The molecule has 0 bridgehead atoms. The Morgan fingerprint density at radius 2 is 1.77 bits per heavy atom. The van der Waals surface area contributed by atoms with Crippen molar-refractivity contribution < 1.29 is 4.79 Å². The Bertz CT molecular complexity index is 1160. The topological polar surface area (TPSA) is 51.7 Å². The van der Waals surface area contributed by atoms with E-state index in [1.165, 1.54) is 24.9 Å². The van der Waals surface area contributed by atoms with Crippen LogP contribution >= 0.6 is 11.6 Å². The second kappa shape index (κ2) is 10.8. The summed E-state index contributed by atoms with van der Waals surface area (Å²) in [6, 6.07) is 16.6. The van der Waals surface area contributed by atoms with Crippen LogP contribution < -0.4 is 15.1 Å². The summed E-state index contributed by atoms with van der Waals surface area (Å²) in [6.45, 7) is 8.57. The number of nitrogens with zero attached hydrogens (tertiary/aromatic N) is 4. The summed E-state index contributed by atoms with van der Waals surface area (Å²) >= 11 is 6.05. The number of nitrogens with one attached hydrogen (secondary N) is 1. The molecule has 1 aromatic heterocycles. The van der Waals surface area contributed by atoms with E-state index in [-0.39, 0.29) is 5.91 Å². The number of amides is 1. The number of piperidine rings is 1. The van der Waals surface area contributed by atoms with Crippen molar-refractivity contribution in [3.63, 3.8) is 0 Å². The van der Waals surface area contributed by atoms with Gasteiger partial charge in [-0.15, -0.1) is 0 Å². The molecule has 0 saturated carbocycles. The van der Waals surface area contributed by atoms with Gasteiger partial charge in [-0.05, 0) is 74.2 Å². The van der Waals surface area contributed by atoms with Gasteiger partial charge in [-0.3, -0.25) is 9.69 Å². The normalized spacial score (nSPS) is 19.2. The van der Waals surface area contributed by atoms with Crippen LogP contribution in [0.5, 0.6) is 0 Å². The second-order valence-corrected chi connectivity index (χ2v) is 10.1. The molecule has 2 aliphatic heterocycles. The molecule has 3 aromatic rings. The molecule has 1 unspecified atom stereocenters. The minimum Gasteiger partial charge on any atom is -0.368 e. The zero-order chi connectivity index (χ0) is 24.2. The third kappa shape index (κ3) is 5.54. The number of pyridine rings is 1. The summed E-state index contributed by atoms with van der Waals surface area (Å²) in [5.74, 6) is 0.939. The first-order valence-corrected chi connectivity index (χ1v) is 13.1. The monoisotopic (exact) mass is 491 g/mol. The van der Waals surface area contributed by atoms with Gasteiger partial charge in [-0.25, -0.2) is 4.98 Å². The highest BCUT2D eigenvalue weighted by molar-refractivity contribution is 6.30. The van der Waals surface area contributed by atoms with Gasteiger partial charge in [0.2, 0.25) is 0 Å². The van der Waals surface area contributed by atoms with Gasteiger partial charge in [0.25, 0.3) is 5.91 Å². The molecular formula is C28H34ClN5O. The van der Waals surface area contributed by atoms with Crippen LogP contribution in [0.3, 0.4) is 0 Å². The van der Waals surface area contributed by atoms with Gasteiger partial charge in [0.05, 0.1) is 0 Å². The van der Waals surface area contributed by atoms with Crippen molar-refractivity contribution in [1.82, 2.24) is 15.2 Å². The minimum atomic E-state index is -0.0149. The number of likely N-dealkylation sites (tertiary alicyclic amines) is 1. The zero-order valence-electron chi connectivity index (χ0n) is 20.4. The van der Waals surface area contributed by atoms with Crippen molar-refractivity contribution in [1.29, 1.82) is 0 Å². The number of carbonyl (C=O) groups excluding carboxylic acids is 1. The molecule has 7 heteroatoms. The van der Waals surface area contributed by atoms with Gasteiger partial charge in [0.15, 0.2) is 0 Å². The molecule has 2 aliphatic rings. The van der Waals surface area contributed by atoms with Crippen LogP contribution in [0, 0.1) is 0 Å². The molecule has 35 heavy (non-hydrogen) atoms. The summed E-state index contributed by atoms with van der Waals surface area (Å²) < 4.78 is 0. The number of carbonyl (C=O) groups is 1. The lowest BCUT2D eigenvalue weighted by atomic mass is 10.0. The minimum absolute atomic E-state index is 0.0149. The number of halogens is 1. The van der Waals surface area contributed by atoms with Gasteiger partial charge in [0.1, 0.15) is 5.82 Å². The summed E-state index contributed by atoms with van der Waals surface area (Å²) in [5, 5.41) is 6.02. The van der Waals surface area contributed by atoms with E-state index in [0.717, 1.165) is 60.9 Å². The van der Waals surface area contributed by atoms with Crippen LogP contribution in [0.2, 0.25) is 5.02 Å². The van der Waals surface area contributed by atoms with E-state index in [1.807, 2.05) is 42.6 Å². The fourth-order valence-electron chi connectivity index (χ4n) is 5.28. The Hall–Kier alpha value is -2.83. The van der Waals surface area contributed by atoms with E-state index < -0.39 is 0 Å². The number of hydrogen-bond acceptors (Lipinski definition) is 5. The fourth-order valence-corrected chi connectivity index (χ4v) is 5.41. The molecule has 3 heterocycles. The van der Waals surface area contributed by atoms with E-state index >= 15 is 0 Å². The van der Waals surface area contributed by atoms with Gasteiger partial charge in [0, 0.05) is 73.2 Å². The standard InChI is InChI=1S/C28H34ClN5O/c1-21-4-2-3-14-32(21)15-13-31-28(35)23-6-5-22-11-12-30-27(26(22)20-23)34-18-16-33(17-19-34)25-9-7-24(29)8-10-25/h5-12,20-21H,2-4,13-19H2,1H3,(H,31,35). The first-order valence-electron chi connectivity index (χ1n) is 12.7. The molecule has 1 N–H and O–H groups in total. The van der Waals surface area contributed by atoms with Crippen molar-refractivity contribution >= 4 is 39.8 Å². The van der Waals surface area contributed by atoms with Crippen LogP contribution in [0.1, 0.15) is 36.5 Å². The van der Waals surface area contributed by atoms with Crippen molar-refractivity contribution in [2.24, 2.45) is 0 Å².